The van der Waals surface area contributed by atoms with Crippen LogP contribution in [-0.4, -0.2) is 186 Å². The Morgan fingerprint density at radius 2 is 0.672 bits per heavy atom. The molecule has 29 heteroatoms. The molecule has 1 rings (SSSR count). The van der Waals surface area contributed by atoms with Crippen molar-refractivity contribution in [2.45, 2.75) is 496 Å². The van der Waals surface area contributed by atoms with Gasteiger partial charge in [0.15, 0.2) is 58.2 Å². The molecule has 1 aliphatic rings. The van der Waals surface area contributed by atoms with Crippen LogP contribution >= 0.6 is 0 Å². The fourth-order valence-electron chi connectivity index (χ4n) is 11.4. The molecule has 0 aromatic rings. The van der Waals surface area contributed by atoms with Crippen LogP contribution in [0.25, 0.3) is 0 Å². The first-order chi connectivity index (χ1) is 55.3. The van der Waals surface area contributed by atoms with E-state index in [1.54, 1.807) is 32.9 Å². The van der Waals surface area contributed by atoms with Gasteiger partial charge in [-0.05, 0) is 208 Å². The van der Waals surface area contributed by atoms with Crippen molar-refractivity contribution in [1.82, 2.24) is 0 Å². The number of hydrogen-bond acceptors (Lipinski definition) is 15. The van der Waals surface area contributed by atoms with E-state index in [1.165, 1.54) is 32.2 Å². The Hall–Kier alpha value is -0.960. The van der Waals surface area contributed by atoms with Crippen molar-refractivity contribution in [3.63, 3.8) is 0 Å². The summed E-state index contributed by atoms with van der Waals surface area (Å²) in [7, 11) is -22.4. The first-order valence-corrected chi connectivity index (χ1v) is 71.8. The number of ketones is 3. The van der Waals surface area contributed by atoms with Crippen LogP contribution in [0, 0.1) is 45.8 Å². The molecule has 0 amide bonds. The first-order valence-electron chi connectivity index (χ1n) is 47.1. The zero-order valence-corrected chi connectivity index (χ0v) is 101. The highest BCUT2D eigenvalue weighted by atomic mass is 32.2. The van der Waals surface area contributed by atoms with Crippen molar-refractivity contribution >= 4 is 109 Å². The molecule has 765 valence electrons. The highest BCUT2D eigenvalue weighted by Crippen LogP contribution is 2.49. The summed E-state index contributed by atoms with van der Waals surface area (Å²) in [6.07, 6.45) is 12.9. The predicted molar refractivity (Wildman–Crippen MR) is 570 cm³/mol. The van der Waals surface area contributed by atoms with E-state index in [0.717, 1.165) is 32.5 Å². The summed E-state index contributed by atoms with van der Waals surface area (Å²) in [6, 6.07) is 0. The largest absolute Gasteiger partial charge is 0.522 e. The molecule has 0 aromatic carbocycles. The number of aldehydes is 1. The SMILES string of the molecule is C.C1CCOC1.C=CC[C@H](C)C=[OH+].C=CC[C@H](C)[C@H](O)C(C)C(=O)C(C)(C)[C@H](CCO[Si](C)(C)C(C)(C)C)O[Si](C)(C)C(C)(C)C.C=CC[C@H](C)[C@H](O[Si](C)(C)C(C)(C)C)C(C)C(=O)C(C)(C)[C@H](CCO[Si](C)(C)C(C)(C)C)O[Si](C)(C)C(C)(C)C.CC(C)(C)[Si](C)(C)OS(=O)(=O)C(F)(F)F.CCC(=O)C(C)(C)[C@H](CCO[Si](C)(C)C(C)(C)C)O[Si](C)(C)C(C)(C)C.[2HH].[B]. The number of alkyl halides is 3. The summed E-state index contributed by atoms with van der Waals surface area (Å²) in [6.45, 7) is 126. The maximum absolute atomic E-state index is 14.6. The third-order valence-corrected chi connectivity index (χ3v) is 68.0. The average Bonchev–Trinajstić information content (AvgIpc) is 0.905. The third-order valence-electron chi connectivity index (χ3n) is 29.7. The molecule has 0 bridgehead atoms. The van der Waals surface area contributed by atoms with E-state index in [2.05, 4.69) is 288 Å². The van der Waals surface area contributed by atoms with Crippen molar-refractivity contribution in [2.75, 3.05) is 33.0 Å². The Morgan fingerprint density at radius 3 is 0.891 bits per heavy atom. The van der Waals surface area contributed by atoms with Crippen LogP contribution in [-0.2, 0) is 64.1 Å². The van der Waals surface area contributed by atoms with E-state index >= 15 is 0 Å². The van der Waals surface area contributed by atoms with E-state index in [4.69, 9.17) is 40.5 Å². The summed E-state index contributed by atoms with van der Waals surface area (Å²) >= 11 is 0. The fourth-order valence-corrected chi connectivity index (χ4v) is 24.1. The van der Waals surface area contributed by atoms with Gasteiger partial charge in [0.2, 0.25) is 8.32 Å². The molecule has 10 atom stereocenters. The van der Waals surface area contributed by atoms with Crippen LogP contribution in [0.2, 0.25) is 145 Å². The second-order valence-electron chi connectivity index (χ2n) is 50.1. The number of hydrogen-bond donors (Lipinski definition) is 1. The standard InChI is InChI=1S/C33H70O4Si3.C27H56O4Si2.C21H46O3Si2.C7H15F3O3SSi.C6H10O.C4H8O.CH4.B.H2/c1-21-22-25(2)28(37-40(19,20)32(10,11)12)26(3)29(34)33(13,14)27(36-39(17,18)31(7,8)9)23-24-35-38(15,16)30(4,5)6;1-16-17-20(2)23(28)21(3)24(29)27(10,11)22(31-33(14,15)26(7,8)9)18-19-30-32(12,13)25(4,5)6;1-14-17(22)21(8,9)18(24-26(12,13)20(5,6)7)15-16-23-25(10,11)19(2,3)4;1-6(2,3)15(4,5)13-14(11,12)7(8,9)10;1-3-4-6(2)5-7;1-2-4-5-3-1;;;/h21,25-28H,1,22-24H2,2-20H3;16,20-23,28H,1,17-19H2,2-15H3;18H,14-16H2,1-13H3;1-5H3;3,5-6H,1,4H2,2H3;1-4H2;1H4;;1H/p+1/t25-,26?,27-,28-;20-,21?,22-,23-;18-;;6-;;;;/m000.0..../s1/i;;;;;;;;1+1. The summed E-state index contributed by atoms with van der Waals surface area (Å²) in [5.41, 5.74) is -7.25. The van der Waals surface area contributed by atoms with E-state index in [-0.39, 0.29) is 118 Å². The number of aliphatic hydroxyl groups excluding tert-OH is 1. The van der Waals surface area contributed by atoms with Gasteiger partial charge in [-0.3, -0.25) is 19.2 Å². The minimum atomic E-state index is -5.48. The molecule has 0 saturated carbocycles. The lowest BCUT2D eigenvalue weighted by molar-refractivity contribution is -0.142. The zero-order valence-electron chi connectivity index (χ0n) is 92.3. The smallest absolute Gasteiger partial charge is 0.417 e. The molecule has 3 radical (unpaired) electrons. The average molecular weight is 1980 g/mol. The Balaban J connectivity index is -0.000000247. The number of ether oxygens (including phenoxy) is 1. The first kappa shape index (κ1) is 140. The normalized spacial score (nSPS) is 16.8. The second kappa shape index (κ2) is 54.0. The van der Waals surface area contributed by atoms with E-state index in [1.807, 2.05) is 61.5 Å². The zero-order chi connectivity index (χ0) is 102. The monoisotopic (exact) mass is 1980 g/mol. The summed E-state index contributed by atoms with van der Waals surface area (Å²) in [5.74, 6) is 0.269. The highest BCUT2D eigenvalue weighted by molar-refractivity contribution is 7.88. The molecule has 0 aliphatic carbocycles. The summed E-state index contributed by atoms with van der Waals surface area (Å²) in [4.78, 5) is 49.2. The van der Waals surface area contributed by atoms with Crippen LogP contribution in [0.1, 0.15) is 316 Å². The molecule has 1 heterocycles. The number of halogens is 3. The van der Waals surface area contributed by atoms with Gasteiger partial charge in [0.25, 0.3) is 6.29 Å². The molecule has 0 aromatic heterocycles. The molecule has 16 nitrogen and oxygen atoms in total. The van der Waals surface area contributed by atoms with Gasteiger partial charge in [0.05, 0.1) is 36.4 Å². The van der Waals surface area contributed by atoms with Gasteiger partial charge in [-0.15, -0.1) is 19.7 Å². The number of Topliss-reactive ketones (excluding diaryl/α,β-unsaturated/α-hetero) is 3. The quantitative estimate of drug-likeness (QED) is 0.0198. The van der Waals surface area contributed by atoms with Crippen LogP contribution in [0.3, 0.4) is 0 Å². The molecule has 0 spiro atoms. The van der Waals surface area contributed by atoms with Crippen LogP contribution < -0.4 is 0 Å². The molecule has 128 heavy (non-hydrogen) atoms. The summed E-state index contributed by atoms with van der Waals surface area (Å²) < 4.78 is 114. The number of carbonyl (C=O) groups is 3. The number of rotatable bonds is 42. The van der Waals surface area contributed by atoms with Crippen LogP contribution in [0.5, 0.6) is 0 Å². The number of carbonyl (C=O) groups excluding carboxylic acids is 4. The molecular formula is C99H212BF3O16SSi8+. The topological polar surface area (TPSA) is 210 Å². The number of aliphatic hydroxyl groups is 1. The van der Waals surface area contributed by atoms with Gasteiger partial charge >= 0.3 is 15.6 Å². The Bertz CT molecular complexity index is 3360. The van der Waals surface area contributed by atoms with Gasteiger partial charge in [-0.25, -0.2) is 0 Å². The Morgan fingerprint density at radius 1 is 0.422 bits per heavy atom. The lowest BCUT2D eigenvalue weighted by Crippen LogP contribution is -2.54. The molecule has 1 aliphatic heterocycles. The third kappa shape index (κ3) is 45.8. The van der Waals surface area contributed by atoms with Gasteiger partial charge < -0.3 is 44.7 Å². The molecule has 1 fully saturated rings. The highest BCUT2D eigenvalue weighted by Gasteiger charge is 2.55. The maximum Gasteiger partial charge on any atom is 0.522 e. The van der Waals surface area contributed by atoms with E-state index in [9.17, 15) is 41.1 Å². The minimum Gasteiger partial charge on any atom is -0.417 e. The van der Waals surface area contributed by atoms with Crippen molar-refractivity contribution < 1.29 is 86.9 Å². The van der Waals surface area contributed by atoms with Gasteiger partial charge in [0, 0.05) is 77.4 Å². The predicted octanol–water partition coefficient (Wildman–Crippen LogP) is 30.5. The van der Waals surface area contributed by atoms with Crippen LogP contribution in [0.15, 0.2) is 38.0 Å². The molecule has 1 saturated heterocycles. The van der Waals surface area contributed by atoms with Crippen molar-refractivity contribution in [3.8, 4) is 0 Å². The minimum absolute atomic E-state index is 0. The maximum atomic E-state index is 14.6. The van der Waals surface area contributed by atoms with E-state index in [0.29, 0.717) is 45.5 Å². The van der Waals surface area contributed by atoms with Crippen molar-refractivity contribution in [1.29, 1.82) is 0 Å². The second-order valence-corrected chi connectivity index (χ2v) is 90.1. The molecular weight excluding hydrogens is 1770 g/mol. The lowest BCUT2D eigenvalue weighted by atomic mass is 9.73. The van der Waals surface area contributed by atoms with Gasteiger partial charge in [-0.2, -0.15) is 21.6 Å². The summed E-state index contributed by atoms with van der Waals surface area (Å²) in [5, 5.41) is 11.0. The van der Waals surface area contributed by atoms with Gasteiger partial charge in [-0.1, -0.05) is 275 Å². The Kier molecular flexibility index (Phi) is 59.1. The molecule has 2 N–H and O–H groups in total. The van der Waals surface area contributed by atoms with Crippen LogP contribution in [0.4, 0.5) is 13.2 Å². The molecule has 2 unspecified atom stereocenters. The van der Waals surface area contributed by atoms with Crippen molar-refractivity contribution in [2.24, 2.45) is 45.8 Å². The number of allylic oxidation sites excluding steroid dienone is 3. The fraction of sp³-hybridized carbons (Fsp3) is 0.899. The van der Waals surface area contributed by atoms with E-state index < -0.39 is 115 Å². The Labute approximate surface area is 802 Å². The van der Waals surface area contributed by atoms with Crippen molar-refractivity contribution in [3.05, 3.63) is 38.0 Å². The lowest BCUT2D eigenvalue weighted by Gasteiger charge is -2.47. The van der Waals surface area contributed by atoms with Gasteiger partial charge in [0.1, 0.15) is 17.3 Å².